The first-order valence-corrected chi connectivity index (χ1v) is 10.1. The molecule has 0 saturated heterocycles. The van der Waals surface area contributed by atoms with Gasteiger partial charge >= 0.3 is 0 Å². The summed E-state index contributed by atoms with van der Waals surface area (Å²) >= 11 is 0. The molecule has 0 bridgehead atoms. The van der Waals surface area contributed by atoms with Gasteiger partial charge in [0.25, 0.3) is 0 Å². The van der Waals surface area contributed by atoms with Gasteiger partial charge in [0.15, 0.2) is 0 Å². The van der Waals surface area contributed by atoms with E-state index in [1.165, 1.54) is 0 Å². The van der Waals surface area contributed by atoms with Crippen molar-refractivity contribution in [1.82, 2.24) is 10.2 Å². The fourth-order valence-corrected chi connectivity index (χ4v) is 3.32. The van der Waals surface area contributed by atoms with E-state index in [0.717, 1.165) is 28.7 Å². The first-order chi connectivity index (χ1) is 13.5. The summed E-state index contributed by atoms with van der Waals surface area (Å²) in [5, 5.41) is 2.96. The van der Waals surface area contributed by atoms with Gasteiger partial charge in [0, 0.05) is 13.1 Å². The SMILES string of the molecule is CCCNC(=O)[C@H](CC)N(Cc1ccccc1)C(=O)Cc1cc(C)ccc1C. The summed E-state index contributed by atoms with van der Waals surface area (Å²) in [5.41, 5.74) is 4.28. The van der Waals surface area contributed by atoms with Gasteiger partial charge in [0.1, 0.15) is 6.04 Å². The molecule has 0 aliphatic heterocycles. The molecular weight excluding hydrogens is 348 g/mol. The number of nitrogens with one attached hydrogen (secondary N) is 1. The smallest absolute Gasteiger partial charge is 0.242 e. The second-order valence-electron chi connectivity index (χ2n) is 7.33. The summed E-state index contributed by atoms with van der Waals surface area (Å²) in [6, 6.07) is 15.6. The summed E-state index contributed by atoms with van der Waals surface area (Å²) in [4.78, 5) is 27.8. The Morgan fingerprint density at radius 3 is 2.39 bits per heavy atom. The minimum Gasteiger partial charge on any atom is -0.354 e. The second kappa shape index (κ2) is 10.6. The van der Waals surface area contributed by atoms with Crippen LogP contribution in [0, 0.1) is 13.8 Å². The van der Waals surface area contributed by atoms with E-state index in [1.807, 2.05) is 64.1 Å². The van der Waals surface area contributed by atoms with Crippen molar-refractivity contribution in [2.75, 3.05) is 6.54 Å². The highest BCUT2D eigenvalue weighted by Gasteiger charge is 2.28. The number of hydrogen-bond donors (Lipinski definition) is 1. The number of rotatable bonds is 9. The van der Waals surface area contributed by atoms with E-state index in [2.05, 4.69) is 17.4 Å². The average molecular weight is 381 g/mol. The Morgan fingerprint density at radius 1 is 1.04 bits per heavy atom. The zero-order valence-electron chi connectivity index (χ0n) is 17.5. The minimum absolute atomic E-state index is 0.0175. The van der Waals surface area contributed by atoms with Crippen LogP contribution in [0.25, 0.3) is 0 Å². The van der Waals surface area contributed by atoms with Crippen LogP contribution in [0.4, 0.5) is 0 Å². The molecule has 2 aromatic carbocycles. The lowest BCUT2D eigenvalue weighted by atomic mass is 10.0. The molecular formula is C24H32N2O2. The molecule has 0 aromatic heterocycles. The predicted octanol–water partition coefficient (Wildman–Crippen LogP) is 4.18. The summed E-state index contributed by atoms with van der Waals surface area (Å²) < 4.78 is 0. The molecule has 0 spiro atoms. The summed E-state index contributed by atoms with van der Waals surface area (Å²) in [6.45, 7) is 9.09. The maximum absolute atomic E-state index is 13.3. The van der Waals surface area contributed by atoms with Gasteiger partial charge in [-0.2, -0.15) is 0 Å². The normalized spacial score (nSPS) is 11.7. The third kappa shape index (κ3) is 5.95. The van der Waals surface area contributed by atoms with Gasteiger partial charge in [0.2, 0.25) is 11.8 Å². The van der Waals surface area contributed by atoms with Crippen molar-refractivity contribution in [2.24, 2.45) is 0 Å². The lowest BCUT2D eigenvalue weighted by Gasteiger charge is -2.31. The first-order valence-electron chi connectivity index (χ1n) is 10.1. The van der Waals surface area contributed by atoms with E-state index in [4.69, 9.17) is 0 Å². The highest BCUT2D eigenvalue weighted by atomic mass is 16.2. The molecule has 1 N–H and O–H groups in total. The van der Waals surface area contributed by atoms with E-state index in [1.54, 1.807) is 4.90 Å². The van der Waals surface area contributed by atoms with Crippen molar-refractivity contribution < 1.29 is 9.59 Å². The molecule has 0 fully saturated rings. The summed E-state index contributed by atoms with van der Waals surface area (Å²) in [5.74, 6) is -0.0920. The Labute approximate surface area is 169 Å². The van der Waals surface area contributed by atoms with Crippen LogP contribution < -0.4 is 5.32 Å². The Bertz CT molecular complexity index is 786. The van der Waals surface area contributed by atoms with Crippen molar-refractivity contribution in [3.63, 3.8) is 0 Å². The third-order valence-electron chi connectivity index (χ3n) is 4.98. The van der Waals surface area contributed by atoms with Gasteiger partial charge in [-0.3, -0.25) is 9.59 Å². The molecule has 2 amide bonds. The van der Waals surface area contributed by atoms with E-state index < -0.39 is 6.04 Å². The van der Waals surface area contributed by atoms with Crippen molar-refractivity contribution >= 4 is 11.8 Å². The monoisotopic (exact) mass is 380 g/mol. The van der Waals surface area contributed by atoms with Crippen molar-refractivity contribution in [3.05, 3.63) is 70.8 Å². The van der Waals surface area contributed by atoms with Crippen LogP contribution in [0.3, 0.4) is 0 Å². The molecule has 4 nitrogen and oxygen atoms in total. The van der Waals surface area contributed by atoms with E-state index in [0.29, 0.717) is 25.9 Å². The van der Waals surface area contributed by atoms with Crippen molar-refractivity contribution in [3.8, 4) is 0 Å². The Hall–Kier alpha value is -2.62. The minimum atomic E-state index is -0.468. The Kier molecular flexibility index (Phi) is 8.24. The standard InChI is InChI=1S/C24H32N2O2/c1-5-14-25-24(28)22(6-2)26(17-20-10-8-7-9-11-20)23(27)16-21-15-18(3)12-13-19(21)4/h7-13,15,22H,5-6,14,16-17H2,1-4H3,(H,25,28)/t22-/m0/s1. The quantitative estimate of drug-likeness (QED) is 0.709. The topological polar surface area (TPSA) is 49.4 Å². The molecule has 0 heterocycles. The summed E-state index contributed by atoms with van der Waals surface area (Å²) in [6.07, 6.45) is 1.76. The Balaban J connectivity index is 2.28. The zero-order chi connectivity index (χ0) is 20.5. The van der Waals surface area contributed by atoms with Crippen molar-refractivity contribution in [1.29, 1.82) is 0 Å². The number of nitrogens with zero attached hydrogens (tertiary/aromatic N) is 1. The molecule has 0 radical (unpaired) electrons. The molecule has 4 heteroatoms. The number of amides is 2. The average Bonchev–Trinajstić information content (AvgIpc) is 2.69. The van der Waals surface area contributed by atoms with Gasteiger partial charge in [-0.1, -0.05) is 67.9 Å². The molecule has 0 aliphatic rings. The van der Waals surface area contributed by atoms with Crippen LogP contribution in [-0.4, -0.2) is 29.3 Å². The molecule has 0 aliphatic carbocycles. The number of aryl methyl sites for hydroxylation is 2. The summed E-state index contributed by atoms with van der Waals surface area (Å²) in [7, 11) is 0. The molecule has 2 rings (SSSR count). The van der Waals surface area contributed by atoms with E-state index in [9.17, 15) is 9.59 Å². The lowest BCUT2D eigenvalue weighted by Crippen LogP contribution is -2.49. The molecule has 0 saturated carbocycles. The number of carbonyl (C=O) groups is 2. The fourth-order valence-electron chi connectivity index (χ4n) is 3.32. The number of carbonyl (C=O) groups excluding carboxylic acids is 2. The second-order valence-corrected chi connectivity index (χ2v) is 7.33. The maximum atomic E-state index is 13.3. The number of hydrogen-bond acceptors (Lipinski definition) is 2. The molecule has 1 atom stereocenters. The van der Waals surface area contributed by atoms with Crippen LogP contribution >= 0.6 is 0 Å². The predicted molar refractivity (Wildman–Crippen MR) is 114 cm³/mol. The molecule has 2 aromatic rings. The molecule has 0 unspecified atom stereocenters. The van der Waals surface area contributed by atoms with Crippen molar-refractivity contribution in [2.45, 2.75) is 59.5 Å². The van der Waals surface area contributed by atoms with E-state index in [-0.39, 0.29) is 11.8 Å². The van der Waals surface area contributed by atoms with Crippen LogP contribution in [0.2, 0.25) is 0 Å². The van der Waals surface area contributed by atoms with Gasteiger partial charge in [-0.25, -0.2) is 0 Å². The molecule has 28 heavy (non-hydrogen) atoms. The van der Waals surface area contributed by atoms with Crippen LogP contribution in [0.15, 0.2) is 48.5 Å². The number of benzene rings is 2. The fraction of sp³-hybridized carbons (Fsp3) is 0.417. The Morgan fingerprint density at radius 2 is 1.75 bits per heavy atom. The zero-order valence-corrected chi connectivity index (χ0v) is 17.5. The van der Waals surface area contributed by atoms with Gasteiger partial charge in [-0.05, 0) is 43.4 Å². The van der Waals surface area contributed by atoms with Crippen LogP contribution in [-0.2, 0) is 22.6 Å². The highest BCUT2D eigenvalue weighted by molar-refractivity contribution is 5.88. The first kappa shape index (κ1) is 21.7. The molecule has 150 valence electrons. The maximum Gasteiger partial charge on any atom is 0.242 e. The third-order valence-corrected chi connectivity index (χ3v) is 4.98. The van der Waals surface area contributed by atoms with Gasteiger partial charge < -0.3 is 10.2 Å². The van der Waals surface area contributed by atoms with E-state index >= 15 is 0 Å². The van der Waals surface area contributed by atoms with Gasteiger partial charge in [-0.15, -0.1) is 0 Å². The highest BCUT2D eigenvalue weighted by Crippen LogP contribution is 2.17. The van der Waals surface area contributed by atoms with Gasteiger partial charge in [0.05, 0.1) is 6.42 Å². The largest absolute Gasteiger partial charge is 0.354 e. The lowest BCUT2D eigenvalue weighted by molar-refractivity contribution is -0.140. The van der Waals surface area contributed by atoms with Crippen LogP contribution in [0.5, 0.6) is 0 Å². The van der Waals surface area contributed by atoms with Crippen LogP contribution in [0.1, 0.15) is 48.9 Å².